The minimum Gasteiger partial charge on any atom is -0.395 e. The molecule has 124 valence electrons. The summed E-state index contributed by atoms with van der Waals surface area (Å²) in [5.74, 6) is -0.606. The van der Waals surface area contributed by atoms with Crippen LogP contribution in [0.2, 0.25) is 0 Å². The SMILES string of the molecule is CCCCCCN1[C@H](CO)[C@@H](O)[C@@H](O)[C@H]1C(C)C(=O)NC. The Hall–Kier alpha value is -0.690. The van der Waals surface area contributed by atoms with E-state index in [2.05, 4.69) is 12.2 Å². The molecule has 21 heavy (non-hydrogen) atoms. The van der Waals surface area contributed by atoms with Crippen LogP contribution in [0, 0.1) is 5.92 Å². The highest BCUT2D eigenvalue weighted by molar-refractivity contribution is 5.78. The third-order valence-electron chi connectivity index (χ3n) is 4.53. The lowest BCUT2D eigenvalue weighted by atomic mass is 9.95. The molecular formula is C15H30N2O4. The largest absolute Gasteiger partial charge is 0.395 e. The first-order chi connectivity index (χ1) is 9.99. The summed E-state index contributed by atoms with van der Waals surface area (Å²) in [6.45, 7) is 4.34. The number of hydrogen-bond acceptors (Lipinski definition) is 5. The van der Waals surface area contributed by atoms with Crippen LogP contribution in [-0.4, -0.2) is 70.6 Å². The summed E-state index contributed by atoms with van der Waals surface area (Å²) < 4.78 is 0. The number of unbranched alkanes of at least 4 members (excludes halogenated alkanes) is 3. The molecule has 1 aliphatic heterocycles. The van der Waals surface area contributed by atoms with E-state index in [-0.39, 0.29) is 12.5 Å². The summed E-state index contributed by atoms with van der Waals surface area (Å²) in [5.41, 5.74) is 0. The van der Waals surface area contributed by atoms with E-state index in [1.54, 1.807) is 14.0 Å². The topological polar surface area (TPSA) is 93.0 Å². The summed E-state index contributed by atoms with van der Waals surface area (Å²) in [6.07, 6.45) is 2.24. The Morgan fingerprint density at radius 1 is 1.24 bits per heavy atom. The molecule has 1 fully saturated rings. The molecule has 1 amide bonds. The minimum atomic E-state index is -1.02. The maximum Gasteiger partial charge on any atom is 0.224 e. The van der Waals surface area contributed by atoms with Gasteiger partial charge in [-0.1, -0.05) is 33.1 Å². The number of aliphatic hydroxyl groups is 3. The van der Waals surface area contributed by atoms with Crippen molar-refractivity contribution in [1.29, 1.82) is 0 Å². The summed E-state index contributed by atoms with van der Waals surface area (Å²) in [7, 11) is 1.56. The zero-order valence-corrected chi connectivity index (χ0v) is 13.3. The molecule has 6 heteroatoms. The van der Waals surface area contributed by atoms with Crippen LogP contribution >= 0.6 is 0 Å². The maximum absolute atomic E-state index is 11.9. The molecule has 0 spiro atoms. The van der Waals surface area contributed by atoms with E-state index in [1.165, 1.54) is 0 Å². The quantitative estimate of drug-likeness (QED) is 0.463. The van der Waals surface area contributed by atoms with Crippen LogP contribution in [0.4, 0.5) is 0 Å². The number of carbonyl (C=O) groups is 1. The first-order valence-corrected chi connectivity index (χ1v) is 7.93. The number of nitrogens with one attached hydrogen (secondary N) is 1. The molecule has 1 saturated heterocycles. The van der Waals surface area contributed by atoms with Gasteiger partial charge in [-0.25, -0.2) is 0 Å². The monoisotopic (exact) mass is 302 g/mol. The van der Waals surface area contributed by atoms with Crippen LogP contribution in [0.5, 0.6) is 0 Å². The van der Waals surface area contributed by atoms with E-state index in [4.69, 9.17) is 0 Å². The van der Waals surface area contributed by atoms with Gasteiger partial charge in [0.15, 0.2) is 0 Å². The lowest BCUT2D eigenvalue weighted by Crippen LogP contribution is -2.48. The summed E-state index contributed by atoms with van der Waals surface area (Å²) in [5, 5.41) is 32.5. The first kappa shape index (κ1) is 18.4. The fourth-order valence-electron chi connectivity index (χ4n) is 3.26. The van der Waals surface area contributed by atoms with Gasteiger partial charge in [0, 0.05) is 13.1 Å². The van der Waals surface area contributed by atoms with E-state index >= 15 is 0 Å². The second-order valence-electron chi connectivity index (χ2n) is 5.92. The van der Waals surface area contributed by atoms with Crippen molar-refractivity contribution in [1.82, 2.24) is 10.2 Å². The van der Waals surface area contributed by atoms with Gasteiger partial charge in [0.2, 0.25) is 5.91 Å². The average Bonchev–Trinajstić information content (AvgIpc) is 2.73. The highest BCUT2D eigenvalue weighted by atomic mass is 16.3. The van der Waals surface area contributed by atoms with Crippen LogP contribution in [0.25, 0.3) is 0 Å². The Kier molecular flexibility index (Phi) is 7.59. The Morgan fingerprint density at radius 3 is 2.43 bits per heavy atom. The molecule has 4 N–H and O–H groups in total. The number of rotatable bonds is 8. The Morgan fingerprint density at radius 2 is 1.90 bits per heavy atom. The fraction of sp³-hybridized carbons (Fsp3) is 0.933. The smallest absolute Gasteiger partial charge is 0.224 e. The molecule has 0 aliphatic carbocycles. The van der Waals surface area contributed by atoms with E-state index in [0.29, 0.717) is 6.54 Å². The molecule has 1 unspecified atom stereocenters. The van der Waals surface area contributed by atoms with Gasteiger partial charge in [0.05, 0.1) is 30.8 Å². The van der Waals surface area contributed by atoms with Gasteiger partial charge in [0.25, 0.3) is 0 Å². The second kappa shape index (κ2) is 8.68. The summed E-state index contributed by atoms with van der Waals surface area (Å²) >= 11 is 0. The maximum atomic E-state index is 11.9. The third kappa shape index (κ3) is 4.16. The average molecular weight is 302 g/mol. The first-order valence-electron chi connectivity index (χ1n) is 7.93. The lowest BCUT2D eigenvalue weighted by Gasteiger charge is -2.32. The van der Waals surface area contributed by atoms with Crippen LogP contribution in [0.3, 0.4) is 0 Å². The molecular weight excluding hydrogens is 272 g/mol. The van der Waals surface area contributed by atoms with Gasteiger partial charge in [0.1, 0.15) is 0 Å². The zero-order valence-electron chi connectivity index (χ0n) is 13.3. The predicted molar refractivity (Wildman–Crippen MR) is 80.8 cm³/mol. The second-order valence-corrected chi connectivity index (χ2v) is 5.92. The highest BCUT2D eigenvalue weighted by Gasteiger charge is 2.50. The van der Waals surface area contributed by atoms with Crippen molar-refractivity contribution >= 4 is 5.91 Å². The normalized spacial score (nSPS) is 31.3. The summed E-state index contributed by atoms with van der Waals surface area (Å²) in [6, 6.07) is -0.961. The van der Waals surface area contributed by atoms with Crippen molar-refractivity contribution < 1.29 is 20.1 Å². The van der Waals surface area contributed by atoms with Crippen LogP contribution in [-0.2, 0) is 4.79 Å². The lowest BCUT2D eigenvalue weighted by molar-refractivity contribution is -0.127. The Bertz CT molecular complexity index is 327. The Labute approximate surface area is 127 Å². The van der Waals surface area contributed by atoms with Crippen molar-refractivity contribution in [3.63, 3.8) is 0 Å². The number of amides is 1. The van der Waals surface area contributed by atoms with Gasteiger partial charge in [-0.15, -0.1) is 0 Å². The molecule has 1 heterocycles. The van der Waals surface area contributed by atoms with Crippen molar-refractivity contribution in [2.75, 3.05) is 20.2 Å². The van der Waals surface area contributed by atoms with Gasteiger partial charge < -0.3 is 20.6 Å². The van der Waals surface area contributed by atoms with E-state index in [0.717, 1.165) is 25.7 Å². The fourth-order valence-corrected chi connectivity index (χ4v) is 3.26. The molecule has 1 aliphatic rings. The summed E-state index contributed by atoms with van der Waals surface area (Å²) in [4.78, 5) is 13.8. The number of aliphatic hydroxyl groups excluding tert-OH is 3. The number of likely N-dealkylation sites (tertiary alicyclic amines) is 1. The van der Waals surface area contributed by atoms with E-state index in [1.807, 2.05) is 4.90 Å². The molecule has 0 saturated carbocycles. The van der Waals surface area contributed by atoms with Crippen molar-refractivity contribution in [3.05, 3.63) is 0 Å². The van der Waals surface area contributed by atoms with Crippen molar-refractivity contribution in [2.45, 2.75) is 63.8 Å². The number of nitrogens with zero attached hydrogens (tertiary/aromatic N) is 1. The van der Waals surface area contributed by atoms with Gasteiger partial charge in [-0.05, 0) is 13.0 Å². The third-order valence-corrected chi connectivity index (χ3v) is 4.53. The van der Waals surface area contributed by atoms with Gasteiger partial charge >= 0.3 is 0 Å². The molecule has 0 aromatic heterocycles. The molecule has 0 bridgehead atoms. The number of hydrogen-bond donors (Lipinski definition) is 4. The molecule has 6 nitrogen and oxygen atoms in total. The molecule has 0 aromatic rings. The van der Waals surface area contributed by atoms with Crippen molar-refractivity contribution in [3.8, 4) is 0 Å². The highest BCUT2D eigenvalue weighted by Crippen LogP contribution is 2.30. The number of carbonyl (C=O) groups excluding carboxylic acids is 1. The molecule has 1 rings (SSSR count). The van der Waals surface area contributed by atoms with Crippen molar-refractivity contribution in [2.24, 2.45) is 5.92 Å². The van der Waals surface area contributed by atoms with Crippen LogP contribution < -0.4 is 5.32 Å². The molecule has 0 aromatic carbocycles. The minimum absolute atomic E-state index is 0.164. The Balaban J connectivity index is 2.81. The van der Waals surface area contributed by atoms with Gasteiger partial charge in [-0.3, -0.25) is 9.69 Å². The van der Waals surface area contributed by atoms with Crippen LogP contribution in [0.15, 0.2) is 0 Å². The standard InChI is InChI=1S/C15H30N2O4/c1-4-5-6-7-8-17-11(9-18)13(19)14(20)12(17)10(2)15(21)16-3/h10-14,18-20H,4-9H2,1-3H3,(H,16,21)/t10?,11-,12-,13-,14+/m1/s1. The molecule has 5 atom stereocenters. The van der Waals surface area contributed by atoms with Crippen LogP contribution in [0.1, 0.15) is 39.5 Å². The predicted octanol–water partition coefficient (Wildman–Crippen LogP) is -0.284. The van der Waals surface area contributed by atoms with E-state index < -0.39 is 30.2 Å². The molecule has 0 radical (unpaired) electrons. The zero-order chi connectivity index (χ0) is 16.0. The van der Waals surface area contributed by atoms with Gasteiger partial charge in [-0.2, -0.15) is 0 Å². The van der Waals surface area contributed by atoms with E-state index in [9.17, 15) is 20.1 Å².